The zero-order valence-electron chi connectivity index (χ0n) is 12.2. The number of aromatic nitrogens is 1. The van der Waals surface area contributed by atoms with Gasteiger partial charge >= 0.3 is 0 Å². The number of hydrogen-bond acceptors (Lipinski definition) is 4. The van der Waals surface area contributed by atoms with E-state index in [2.05, 4.69) is 15.6 Å². The minimum absolute atomic E-state index is 0.103. The molecule has 0 spiro atoms. The zero-order valence-corrected chi connectivity index (χ0v) is 14.5. The molecule has 2 aromatic rings. The van der Waals surface area contributed by atoms with Gasteiger partial charge in [-0.3, -0.25) is 9.59 Å². The van der Waals surface area contributed by atoms with E-state index in [-0.39, 0.29) is 11.8 Å². The fourth-order valence-electron chi connectivity index (χ4n) is 2.38. The van der Waals surface area contributed by atoms with Crippen LogP contribution in [0.5, 0.6) is 0 Å². The number of anilines is 1. The van der Waals surface area contributed by atoms with E-state index in [1.54, 1.807) is 18.2 Å². The van der Waals surface area contributed by atoms with Gasteiger partial charge in [0, 0.05) is 21.9 Å². The van der Waals surface area contributed by atoms with Crippen molar-refractivity contribution >= 4 is 51.5 Å². The van der Waals surface area contributed by atoms with E-state index in [0.717, 1.165) is 10.4 Å². The minimum atomic E-state index is -0.491. The van der Waals surface area contributed by atoms with Gasteiger partial charge in [0.2, 0.25) is 11.8 Å². The third-order valence-corrected chi connectivity index (χ3v) is 4.96. The van der Waals surface area contributed by atoms with Crippen molar-refractivity contribution in [2.45, 2.75) is 25.8 Å². The van der Waals surface area contributed by atoms with Crippen molar-refractivity contribution in [3.8, 4) is 11.3 Å². The molecule has 1 aliphatic rings. The molecule has 5 nitrogen and oxygen atoms in total. The van der Waals surface area contributed by atoms with Gasteiger partial charge in [0.25, 0.3) is 0 Å². The van der Waals surface area contributed by atoms with Crippen LogP contribution in [-0.4, -0.2) is 22.8 Å². The second-order valence-corrected chi connectivity index (χ2v) is 7.24. The Morgan fingerprint density at radius 1 is 1.43 bits per heavy atom. The van der Waals surface area contributed by atoms with Crippen LogP contribution in [0.25, 0.3) is 11.3 Å². The van der Waals surface area contributed by atoms with Crippen molar-refractivity contribution in [1.82, 2.24) is 10.3 Å². The van der Waals surface area contributed by atoms with Crippen molar-refractivity contribution in [3.05, 3.63) is 33.1 Å². The first-order valence-electron chi connectivity index (χ1n) is 6.97. The lowest BCUT2D eigenvalue weighted by Crippen LogP contribution is -2.37. The molecular weight excluding hydrogens is 357 g/mol. The van der Waals surface area contributed by atoms with Crippen LogP contribution in [0.2, 0.25) is 10.0 Å². The molecule has 1 fully saturated rings. The number of carbonyl (C=O) groups is 2. The smallest absolute Gasteiger partial charge is 0.248 e. The summed E-state index contributed by atoms with van der Waals surface area (Å²) in [7, 11) is 0. The fourth-order valence-corrected chi connectivity index (χ4v) is 3.71. The number of nitrogens with one attached hydrogen (secondary N) is 2. The number of halogens is 2. The number of benzene rings is 1. The number of amides is 2. The highest BCUT2D eigenvalue weighted by Gasteiger charge is 2.28. The SMILES string of the molecule is Cc1sc(NC(=O)C2CCC(=O)N2)nc1-c1ccc(Cl)cc1Cl. The van der Waals surface area contributed by atoms with Crippen LogP contribution in [0.3, 0.4) is 0 Å². The Balaban J connectivity index is 1.81. The first-order chi connectivity index (χ1) is 10.9. The van der Waals surface area contributed by atoms with Crippen LogP contribution in [-0.2, 0) is 9.59 Å². The molecule has 1 aliphatic heterocycles. The van der Waals surface area contributed by atoms with E-state index in [0.29, 0.717) is 33.7 Å². The predicted molar refractivity (Wildman–Crippen MR) is 92.1 cm³/mol. The highest BCUT2D eigenvalue weighted by molar-refractivity contribution is 7.16. The maximum Gasteiger partial charge on any atom is 0.248 e. The van der Waals surface area contributed by atoms with E-state index < -0.39 is 6.04 Å². The van der Waals surface area contributed by atoms with Gasteiger partial charge in [0.15, 0.2) is 5.13 Å². The summed E-state index contributed by atoms with van der Waals surface area (Å²) in [6.07, 6.45) is 0.880. The van der Waals surface area contributed by atoms with E-state index in [4.69, 9.17) is 23.2 Å². The van der Waals surface area contributed by atoms with Gasteiger partial charge in [-0.1, -0.05) is 23.2 Å². The second-order valence-electron chi connectivity index (χ2n) is 5.20. The largest absolute Gasteiger partial charge is 0.344 e. The Kier molecular flexibility index (Phi) is 4.57. The predicted octanol–water partition coefficient (Wildman–Crippen LogP) is 3.64. The average molecular weight is 370 g/mol. The molecule has 2 heterocycles. The van der Waals surface area contributed by atoms with E-state index in [1.165, 1.54) is 11.3 Å². The molecule has 1 atom stereocenters. The lowest BCUT2D eigenvalue weighted by Gasteiger charge is -2.08. The zero-order chi connectivity index (χ0) is 16.6. The molecule has 0 bridgehead atoms. The summed E-state index contributed by atoms with van der Waals surface area (Å²) < 4.78 is 0. The molecule has 1 aromatic carbocycles. The van der Waals surface area contributed by atoms with Crippen molar-refractivity contribution in [2.24, 2.45) is 0 Å². The summed E-state index contributed by atoms with van der Waals surface area (Å²) in [5.41, 5.74) is 1.47. The summed E-state index contributed by atoms with van der Waals surface area (Å²) in [4.78, 5) is 28.7. The number of hydrogen-bond donors (Lipinski definition) is 2. The molecular formula is C15H13Cl2N3O2S. The normalized spacial score (nSPS) is 17.2. The molecule has 3 rings (SSSR count). The standard InChI is InChI=1S/C15H13Cl2N3O2S/c1-7-13(9-3-2-8(16)6-10(9)17)19-15(23-7)20-14(22)11-4-5-12(21)18-11/h2-3,6,11H,4-5H2,1H3,(H,18,21)(H,19,20,22). The van der Waals surface area contributed by atoms with Crippen molar-refractivity contribution in [1.29, 1.82) is 0 Å². The van der Waals surface area contributed by atoms with Crippen molar-refractivity contribution in [3.63, 3.8) is 0 Å². The average Bonchev–Trinajstić information content (AvgIpc) is 3.05. The summed E-state index contributed by atoms with van der Waals surface area (Å²) in [6, 6.07) is 4.71. The first kappa shape index (κ1) is 16.2. The topological polar surface area (TPSA) is 71.1 Å². The van der Waals surface area contributed by atoms with E-state index >= 15 is 0 Å². The Labute approximate surface area is 147 Å². The number of aryl methyl sites for hydroxylation is 1. The lowest BCUT2D eigenvalue weighted by atomic mass is 10.1. The summed E-state index contributed by atoms with van der Waals surface area (Å²) in [5.74, 6) is -0.354. The molecule has 0 saturated carbocycles. The van der Waals surface area contributed by atoms with Crippen LogP contribution < -0.4 is 10.6 Å². The van der Waals surface area contributed by atoms with Crippen molar-refractivity contribution < 1.29 is 9.59 Å². The maximum absolute atomic E-state index is 12.1. The molecule has 2 N–H and O–H groups in total. The van der Waals surface area contributed by atoms with Gasteiger partial charge in [0.05, 0.1) is 10.7 Å². The number of rotatable bonds is 3. The van der Waals surface area contributed by atoms with Gasteiger partial charge in [-0.2, -0.15) is 0 Å². The van der Waals surface area contributed by atoms with E-state index in [1.807, 2.05) is 6.92 Å². The van der Waals surface area contributed by atoms with Crippen molar-refractivity contribution in [2.75, 3.05) is 5.32 Å². The quantitative estimate of drug-likeness (QED) is 0.867. The third-order valence-electron chi connectivity index (χ3n) is 3.52. The number of nitrogens with zero attached hydrogens (tertiary/aromatic N) is 1. The second kappa shape index (κ2) is 6.47. The number of thiazole rings is 1. The molecule has 2 amide bonds. The Hall–Kier alpha value is -1.63. The van der Waals surface area contributed by atoms with Gasteiger partial charge in [-0.05, 0) is 31.5 Å². The summed E-state index contributed by atoms with van der Waals surface area (Å²) in [5, 5.41) is 6.92. The lowest BCUT2D eigenvalue weighted by molar-refractivity contribution is -0.122. The van der Waals surface area contributed by atoms with Crippen LogP contribution in [0.4, 0.5) is 5.13 Å². The van der Waals surface area contributed by atoms with Crippen LogP contribution in [0.1, 0.15) is 17.7 Å². The monoisotopic (exact) mass is 369 g/mol. The van der Waals surface area contributed by atoms with Crippen LogP contribution in [0.15, 0.2) is 18.2 Å². The minimum Gasteiger partial charge on any atom is -0.344 e. The molecule has 8 heteroatoms. The van der Waals surface area contributed by atoms with Crippen LogP contribution in [0, 0.1) is 6.92 Å². The van der Waals surface area contributed by atoms with Gasteiger partial charge in [-0.15, -0.1) is 11.3 Å². The van der Waals surface area contributed by atoms with E-state index in [9.17, 15) is 9.59 Å². The molecule has 1 unspecified atom stereocenters. The highest BCUT2D eigenvalue weighted by Crippen LogP contribution is 2.35. The highest BCUT2D eigenvalue weighted by atomic mass is 35.5. The molecule has 0 aliphatic carbocycles. The Bertz CT molecular complexity index is 791. The van der Waals surface area contributed by atoms with Gasteiger partial charge < -0.3 is 10.6 Å². The van der Waals surface area contributed by atoms with Gasteiger partial charge in [0.1, 0.15) is 6.04 Å². The molecule has 1 saturated heterocycles. The summed E-state index contributed by atoms with van der Waals surface area (Å²) in [6.45, 7) is 1.91. The Morgan fingerprint density at radius 3 is 2.87 bits per heavy atom. The third kappa shape index (κ3) is 3.49. The molecule has 1 aromatic heterocycles. The molecule has 120 valence electrons. The van der Waals surface area contributed by atoms with Crippen LogP contribution >= 0.6 is 34.5 Å². The summed E-state index contributed by atoms with van der Waals surface area (Å²) >= 11 is 13.5. The Morgan fingerprint density at radius 2 is 2.22 bits per heavy atom. The first-order valence-corrected chi connectivity index (χ1v) is 8.54. The van der Waals surface area contributed by atoms with Gasteiger partial charge in [-0.25, -0.2) is 4.98 Å². The molecule has 0 radical (unpaired) electrons. The number of carbonyl (C=O) groups excluding carboxylic acids is 2. The molecule has 23 heavy (non-hydrogen) atoms. The fraction of sp³-hybridized carbons (Fsp3) is 0.267. The maximum atomic E-state index is 12.1.